The van der Waals surface area contributed by atoms with Crippen molar-refractivity contribution in [1.82, 2.24) is 5.32 Å². The van der Waals surface area contributed by atoms with Crippen LogP contribution in [0.4, 0.5) is 5.69 Å². The molecule has 4 heteroatoms. The van der Waals surface area contributed by atoms with Crippen molar-refractivity contribution >= 4 is 11.6 Å². The maximum Gasteiger partial charge on any atom is 0.238 e. The minimum Gasteiger partial charge on any atom is -0.325 e. The summed E-state index contributed by atoms with van der Waals surface area (Å²) in [6, 6.07) is 7.73. The number of carbonyl (C=O) groups excluding carboxylic acids is 1. The number of rotatable bonds is 2. The SMILES string of the molecule is N#CCC(=O)Nc1cccc2c1CNCC2. The van der Waals surface area contributed by atoms with Crippen LogP contribution in [-0.4, -0.2) is 12.5 Å². The van der Waals surface area contributed by atoms with Gasteiger partial charge in [-0.15, -0.1) is 0 Å². The zero-order valence-electron chi connectivity index (χ0n) is 8.92. The first kappa shape index (κ1) is 10.7. The van der Waals surface area contributed by atoms with E-state index in [9.17, 15) is 4.79 Å². The molecule has 1 aromatic rings. The molecule has 1 aliphatic rings. The summed E-state index contributed by atoms with van der Waals surface area (Å²) in [5.41, 5.74) is 3.23. The molecule has 0 saturated heterocycles. The highest BCUT2D eigenvalue weighted by Crippen LogP contribution is 2.22. The molecule has 2 rings (SSSR count). The largest absolute Gasteiger partial charge is 0.325 e. The van der Waals surface area contributed by atoms with E-state index in [-0.39, 0.29) is 12.3 Å². The Labute approximate surface area is 94.3 Å². The number of benzene rings is 1. The first-order chi connectivity index (χ1) is 7.81. The van der Waals surface area contributed by atoms with Crippen LogP contribution in [0.2, 0.25) is 0 Å². The number of hydrogen-bond acceptors (Lipinski definition) is 3. The highest BCUT2D eigenvalue weighted by atomic mass is 16.1. The van der Waals surface area contributed by atoms with Gasteiger partial charge in [-0.25, -0.2) is 0 Å². The van der Waals surface area contributed by atoms with Gasteiger partial charge < -0.3 is 10.6 Å². The lowest BCUT2D eigenvalue weighted by molar-refractivity contribution is -0.115. The number of anilines is 1. The third-order valence-electron chi connectivity index (χ3n) is 2.66. The molecule has 0 aromatic heterocycles. The van der Waals surface area contributed by atoms with Crippen molar-refractivity contribution in [3.05, 3.63) is 29.3 Å². The van der Waals surface area contributed by atoms with Crippen molar-refractivity contribution in [2.24, 2.45) is 0 Å². The third kappa shape index (κ3) is 2.20. The highest BCUT2D eigenvalue weighted by molar-refractivity contribution is 5.93. The van der Waals surface area contributed by atoms with Gasteiger partial charge in [0.05, 0.1) is 6.07 Å². The minimum absolute atomic E-state index is 0.100. The second kappa shape index (κ2) is 4.77. The topological polar surface area (TPSA) is 64.9 Å². The van der Waals surface area contributed by atoms with E-state index >= 15 is 0 Å². The Kier molecular flexibility index (Phi) is 3.18. The molecule has 16 heavy (non-hydrogen) atoms. The molecular formula is C12H13N3O. The number of fused-ring (bicyclic) bond motifs is 1. The first-order valence-electron chi connectivity index (χ1n) is 5.29. The zero-order chi connectivity index (χ0) is 11.4. The molecule has 0 radical (unpaired) electrons. The van der Waals surface area contributed by atoms with Gasteiger partial charge in [0.15, 0.2) is 0 Å². The maximum absolute atomic E-state index is 11.3. The van der Waals surface area contributed by atoms with Crippen molar-refractivity contribution < 1.29 is 4.79 Å². The molecule has 0 spiro atoms. The molecule has 0 unspecified atom stereocenters. The molecule has 1 aliphatic heterocycles. The lowest BCUT2D eigenvalue weighted by Crippen LogP contribution is -2.25. The van der Waals surface area contributed by atoms with Crippen LogP contribution >= 0.6 is 0 Å². The Morgan fingerprint density at radius 1 is 1.56 bits per heavy atom. The van der Waals surface area contributed by atoms with E-state index in [1.54, 1.807) is 0 Å². The van der Waals surface area contributed by atoms with Gasteiger partial charge in [-0.05, 0) is 30.2 Å². The predicted octanol–water partition coefficient (Wildman–Crippen LogP) is 1.18. The standard InChI is InChI=1S/C12H13N3O/c13-6-4-12(16)15-11-3-1-2-9-5-7-14-8-10(9)11/h1-3,14H,4-5,7-8H2,(H,15,16). The number of nitrogens with zero attached hydrogens (tertiary/aromatic N) is 1. The second-order valence-corrected chi connectivity index (χ2v) is 3.75. The van der Waals surface area contributed by atoms with Crippen LogP contribution in [0.1, 0.15) is 17.5 Å². The Bertz CT molecular complexity index is 448. The lowest BCUT2D eigenvalue weighted by Gasteiger charge is -2.20. The minimum atomic E-state index is -0.249. The fraction of sp³-hybridized carbons (Fsp3) is 0.333. The Balaban J connectivity index is 2.21. The van der Waals surface area contributed by atoms with Crippen LogP contribution in [0.25, 0.3) is 0 Å². The number of hydrogen-bond donors (Lipinski definition) is 2. The summed E-state index contributed by atoms with van der Waals surface area (Å²) in [5.74, 6) is -0.249. The molecule has 1 aromatic carbocycles. The molecular weight excluding hydrogens is 202 g/mol. The fourth-order valence-corrected chi connectivity index (χ4v) is 1.90. The zero-order valence-corrected chi connectivity index (χ0v) is 8.92. The van der Waals surface area contributed by atoms with Crippen molar-refractivity contribution in [3.8, 4) is 6.07 Å². The molecule has 0 bridgehead atoms. The summed E-state index contributed by atoms with van der Waals surface area (Å²) in [6.07, 6.45) is 0.883. The monoisotopic (exact) mass is 215 g/mol. The summed E-state index contributed by atoms with van der Waals surface area (Å²) in [4.78, 5) is 11.3. The van der Waals surface area contributed by atoms with Crippen molar-refractivity contribution in [2.45, 2.75) is 19.4 Å². The Hall–Kier alpha value is -1.86. The molecule has 4 nitrogen and oxygen atoms in total. The third-order valence-corrected chi connectivity index (χ3v) is 2.66. The van der Waals surface area contributed by atoms with E-state index in [4.69, 9.17) is 5.26 Å². The van der Waals surface area contributed by atoms with Crippen LogP contribution < -0.4 is 10.6 Å². The molecule has 82 valence electrons. The molecule has 0 atom stereocenters. The summed E-state index contributed by atoms with van der Waals surface area (Å²) >= 11 is 0. The number of nitriles is 1. The van der Waals surface area contributed by atoms with Crippen molar-refractivity contribution in [3.63, 3.8) is 0 Å². The van der Waals surface area contributed by atoms with Gasteiger partial charge in [-0.1, -0.05) is 12.1 Å². The normalized spacial score (nSPS) is 13.7. The molecule has 1 amide bonds. The Morgan fingerprint density at radius 2 is 2.44 bits per heavy atom. The average molecular weight is 215 g/mol. The van der Waals surface area contributed by atoms with Gasteiger partial charge in [0.2, 0.25) is 5.91 Å². The highest BCUT2D eigenvalue weighted by Gasteiger charge is 2.13. The molecule has 2 N–H and O–H groups in total. The van der Waals surface area contributed by atoms with Crippen LogP contribution in [0.15, 0.2) is 18.2 Å². The van der Waals surface area contributed by atoms with Gasteiger partial charge in [-0.2, -0.15) is 5.26 Å². The van der Waals surface area contributed by atoms with Crippen LogP contribution in [0.5, 0.6) is 0 Å². The first-order valence-corrected chi connectivity index (χ1v) is 5.29. The quantitative estimate of drug-likeness (QED) is 0.778. The molecule has 0 saturated carbocycles. The van der Waals surface area contributed by atoms with Crippen molar-refractivity contribution in [2.75, 3.05) is 11.9 Å². The Morgan fingerprint density at radius 3 is 3.25 bits per heavy atom. The molecule has 0 aliphatic carbocycles. The fourth-order valence-electron chi connectivity index (χ4n) is 1.90. The number of amides is 1. The van der Waals surface area contributed by atoms with E-state index in [0.29, 0.717) is 0 Å². The number of carbonyl (C=O) groups is 1. The van der Waals surface area contributed by atoms with Gasteiger partial charge in [-0.3, -0.25) is 4.79 Å². The van der Waals surface area contributed by atoms with Crippen molar-refractivity contribution in [1.29, 1.82) is 5.26 Å². The summed E-state index contributed by atoms with van der Waals surface area (Å²) in [7, 11) is 0. The predicted molar refractivity (Wildman–Crippen MR) is 60.7 cm³/mol. The summed E-state index contributed by atoms with van der Waals surface area (Å²) in [6.45, 7) is 1.75. The van der Waals surface area contributed by atoms with Gasteiger partial charge in [0, 0.05) is 12.2 Å². The summed E-state index contributed by atoms with van der Waals surface area (Å²) < 4.78 is 0. The van der Waals surface area contributed by atoms with E-state index in [1.807, 2.05) is 18.2 Å². The lowest BCUT2D eigenvalue weighted by atomic mass is 9.99. The smallest absolute Gasteiger partial charge is 0.238 e. The van der Waals surface area contributed by atoms with Gasteiger partial charge >= 0.3 is 0 Å². The van der Waals surface area contributed by atoms with Gasteiger partial charge in [0.25, 0.3) is 0 Å². The molecule has 1 heterocycles. The molecule has 0 fully saturated rings. The average Bonchev–Trinajstić information content (AvgIpc) is 2.30. The van der Waals surface area contributed by atoms with Crippen LogP contribution in [-0.2, 0) is 17.8 Å². The van der Waals surface area contributed by atoms with E-state index in [0.717, 1.165) is 30.8 Å². The van der Waals surface area contributed by atoms with E-state index < -0.39 is 0 Å². The second-order valence-electron chi connectivity index (χ2n) is 3.75. The maximum atomic E-state index is 11.3. The van der Waals surface area contributed by atoms with Gasteiger partial charge in [0.1, 0.15) is 6.42 Å². The number of nitrogens with one attached hydrogen (secondary N) is 2. The van der Waals surface area contributed by atoms with Crippen LogP contribution in [0, 0.1) is 11.3 Å². The van der Waals surface area contributed by atoms with E-state index in [2.05, 4.69) is 16.7 Å². The van der Waals surface area contributed by atoms with Crippen LogP contribution in [0.3, 0.4) is 0 Å². The van der Waals surface area contributed by atoms with E-state index in [1.165, 1.54) is 5.56 Å². The summed E-state index contributed by atoms with van der Waals surface area (Å²) in [5, 5.41) is 14.5.